The van der Waals surface area contributed by atoms with Gasteiger partial charge in [0.25, 0.3) is 11.8 Å². The van der Waals surface area contributed by atoms with Crippen LogP contribution in [0.1, 0.15) is 15.9 Å². The topological polar surface area (TPSA) is 119 Å². The number of pyridine rings is 1. The summed E-state index contributed by atoms with van der Waals surface area (Å²) in [5, 5.41) is 8.30. The van der Waals surface area contributed by atoms with Crippen LogP contribution in [0.5, 0.6) is 11.5 Å². The second-order valence-corrected chi connectivity index (χ2v) is 9.58. The van der Waals surface area contributed by atoms with Crippen LogP contribution in [0.4, 0.5) is 11.5 Å². The first-order chi connectivity index (χ1) is 19.9. The van der Waals surface area contributed by atoms with E-state index in [0.717, 1.165) is 4.90 Å². The van der Waals surface area contributed by atoms with Crippen LogP contribution in [0.2, 0.25) is 0 Å². The Morgan fingerprint density at radius 3 is 2.34 bits per heavy atom. The number of ether oxygens (including phenoxy) is 2. The van der Waals surface area contributed by atoms with E-state index in [9.17, 15) is 14.4 Å². The molecule has 0 aliphatic carbocycles. The van der Waals surface area contributed by atoms with Crippen molar-refractivity contribution in [3.05, 3.63) is 114 Å². The number of carbonyl (C=O) groups excluding carboxylic acids is 3. The van der Waals surface area contributed by atoms with Gasteiger partial charge in [-0.2, -0.15) is 0 Å². The molecule has 0 aliphatic rings. The second-order valence-electron chi connectivity index (χ2n) is 8.53. The predicted molar refractivity (Wildman–Crippen MR) is 160 cm³/mol. The van der Waals surface area contributed by atoms with Crippen LogP contribution in [0.25, 0.3) is 6.08 Å². The van der Waals surface area contributed by atoms with Crippen LogP contribution in [0.3, 0.4) is 0 Å². The van der Waals surface area contributed by atoms with Crippen LogP contribution in [0, 0.1) is 0 Å². The Morgan fingerprint density at radius 2 is 1.61 bits per heavy atom. The molecule has 0 atom stereocenters. The minimum absolute atomic E-state index is 0.0267. The maximum atomic E-state index is 13.4. The van der Waals surface area contributed by atoms with Crippen molar-refractivity contribution in [2.24, 2.45) is 0 Å². The van der Waals surface area contributed by atoms with Crippen LogP contribution in [-0.4, -0.2) is 42.7 Å². The van der Waals surface area contributed by atoms with Gasteiger partial charge in [0.15, 0.2) is 11.5 Å². The van der Waals surface area contributed by atoms with E-state index in [4.69, 9.17) is 9.47 Å². The molecule has 3 amide bonds. The molecule has 3 N–H and O–H groups in total. The van der Waals surface area contributed by atoms with Crippen LogP contribution < -0.4 is 25.4 Å². The minimum Gasteiger partial charge on any atom is -0.493 e. The van der Waals surface area contributed by atoms with E-state index in [2.05, 4.69) is 20.9 Å². The summed E-state index contributed by atoms with van der Waals surface area (Å²) in [6, 6.07) is 26.1. The number of anilines is 2. The number of aromatic nitrogens is 1. The normalized spacial score (nSPS) is 10.8. The van der Waals surface area contributed by atoms with E-state index < -0.39 is 11.8 Å². The highest BCUT2D eigenvalue weighted by molar-refractivity contribution is 8.00. The fourth-order valence-corrected chi connectivity index (χ4v) is 4.43. The molecule has 0 bridgehead atoms. The Kier molecular flexibility index (Phi) is 10.1. The van der Waals surface area contributed by atoms with Crippen molar-refractivity contribution in [1.82, 2.24) is 10.3 Å². The van der Waals surface area contributed by atoms with Crippen LogP contribution >= 0.6 is 11.8 Å². The third-order valence-electron chi connectivity index (χ3n) is 5.64. The fourth-order valence-electron chi connectivity index (χ4n) is 3.68. The smallest absolute Gasteiger partial charge is 0.272 e. The summed E-state index contributed by atoms with van der Waals surface area (Å²) in [6.07, 6.45) is 3.16. The van der Waals surface area contributed by atoms with E-state index in [1.807, 2.05) is 6.07 Å². The van der Waals surface area contributed by atoms with Gasteiger partial charge in [-0.05, 0) is 66.2 Å². The molecule has 0 saturated heterocycles. The molecule has 0 aliphatic heterocycles. The molecule has 9 nitrogen and oxygen atoms in total. The van der Waals surface area contributed by atoms with Crippen molar-refractivity contribution >= 4 is 47.1 Å². The highest BCUT2D eigenvalue weighted by atomic mass is 32.2. The standard InChI is InChI=1S/C31H28N4O5S/c1-39-26-15-14-21(18-27(26)40-2)17-25(34-30(37)22-9-4-3-5-10-22)31(38)33-23-11-8-12-24(19-23)41-20-29(36)35-28-13-6-7-16-32-28/h3-19H,20H2,1-2H3,(H,33,38)(H,34,37)(H,32,35,36)/b25-17+. The molecule has 1 aromatic heterocycles. The third-order valence-corrected chi connectivity index (χ3v) is 6.64. The van der Waals surface area contributed by atoms with E-state index in [-0.39, 0.29) is 17.4 Å². The maximum absolute atomic E-state index is 13.4. The fraction of sp³-hybridized carbons (Fsp3) is 0.0968. The lowest BCUT2D eigenvalue weighted by Gasteiger charge is -2.13. The van der Waals surface area contributed by atoms with Gasteiger partial charge >= 0.3 is 0 Å². The average Bonchev–Trinajstić information content (AvgIpc) is 3.00. The third kappa shape index (κ3) is 8.45. The highest BCUT2D eigenvalue weighted by Crippen LogP contribution is 2.28. The SMILES string of the molecule is COc1ccc(/C=C(/NC(=O)c2ccccc2)C(=O)Nc2cccc(SCC(=O)Nc3ccccn3)c2)cc1OC. The van der Waals surface area contributed by atoms with Gasteiger partial charge in [-0.15, -0.1) is 11.8 Å². The maximum Gasteiger partial charge on any atom is 0.272 e. The Labute approximate surface area is 242 Å². The zero-order valence-corrected chi connectivity index (χ0v) is 23.2. The van der Waals surface area contributed by atoms with Crippen molar-refractivity contribution in [2.75, 3.05) is 30.6 Å². The number of benzene rings is 3. The number of carbonyl (C=O) groups is 3. The van der Waals surface area contributed by atoms with Crippen molar-refractivity contribution in [3.8, 4) is 11.5 Å². The first-order valence-corrected chi connectivity index (χ1v) is 13.5. The molecule has 3 aromatic carbocycles. The summed E-state index contributed by atoms with van der Waals surface area (Å²) < 4.78 is 10.7. The van der Waals surface area contributed by atoms with Crippen LogP contribution in [-0.2, 0) is 9.59 Å². The summed E-state index contributed by atoms with van der Waals surface area (Å²) in [5.41, 5.74) is 1.54. The first kappa shape index (κ1) is 28.9. The number of hydrogen-bond donors (Lipinski definition) is 3. The van der Waals surface area contributed by atoms with Gasteiger partial charge < -0.3 is 25.4 Å². The number of hydrogen-bond acceptors (Lipinski definition) is 7. The first-order valence-electron chi connectivity index (χ1n) is 12.5. The number of rotatable bonds is 11. The molecule has 4 aromatic rings. The molecular weight excluding hydrogens is 540 g/mol. The molecule has 0 fully saturated rings. The predicted octanol–water partition coefficient (Wildman–Crippen LogP) is 5.24. The molecule has 4 rings (SSSR count). The largest absolute Gasteiger partial charge is 0.493 e. The van der Waals surface area contributed by atoms with Crippen molar-refractivity contribution in [1.29, 1.82) is 0 Å². The average molecular weight is 569 g/mol. The number of thioether (sulfide) groups is 1. The van der Waals surface area contributed by atoms with Gasteiger partial charge in [-0.25, -0.2) is 4.98 Å². The zero-order chi connectivity index (χ0) is 29.0. The lowest BCUT2D eigenvalue weighted by Crippen LogP contribution is -2.30. The Bertz CT molecular complexity index is 1540. The van der Waals surface area contributed by atoms with Crippen molar-refractivity contribution < 1.29 is 23.9 Å². The quantitative estimate of drug-likeness (QED) is 0.167. The lowest BCUT2D eigenvalue weighted by molar-refractivity contribution is -0.114. The van der Waals surface area contributed by atoms with Crippen molar-refractivity contribution in [2.45, 2.75) is 4.90 Å². The number of methoxy groups -OCH3 is 2. The monoisotopic (exact) mass is 568 g/mol. The summed E-state index contributed by atoms with van der Waals surface area (Å²) in [7, 11) is 3.05. The summed E-state index contributed by atoms with van der Waals surface area (Å²) in [4.78, 5) is 43.5. The molecule has 0 saturated carbocycles. The second kappa shape index (κ2) is 14.3. The van der Waals surface area contributed by atoms with Gasteiger partial charge in [0.2, 0.25) is 5.91 Å². The zero-order valence-electron chi connectivity index (χ0n) is 22.4. The molecule has 0 spiro atoms. The Hall–Kier alpha value is -5.09. The molecule has 0 unspecified atom stereocenters. The molecular formula is C31H28N4O5S. The van der Waals surface area contributed by atoms with Gasteiger partial charge in [0.1, 0.15) is 11.5 Å². The Balaban J connectivity index is 1.50. The number of nitrogens with one attached hydrogen (secondary N) is 3. The van der Waals surface area contributed by atoms with Gasteiger partial charge in [0, 0.05) is 22.3 Å². The van der Waals surface area contributed by atoms with E-state index in [0.29, 0.717) is 34.1 Å². The number of amides is 3. The highest BCUT2D eigenvalue weighted by Gasteiger charge is 2.16. The van der Waals surface area contributed by atoms with Gasteiger partial charge in [-0.3, -0.25) is 14.4 Å². The molecule has 10 heteroatoms. The van der Waals surface area contributed by atoms with Crippen molar-refractivity contribution in [3.63, 3.8) is 0 Å². The molecule has 208 valence electrons. The molecule has 1 heterocycles. The van der Waals surface area contributed by atoms with E-state index >= 15 is 0 Å². The number of nitrogens with zero attached hydrogens (tertiary/aromatic N) is 1. The minimum atomic E-state index is -0.529. The molecule has 0 radical (unpaired) electrons. The van der Waals surface area contributed by atoms with Gasteiger partial charge in [0.05, 0.1) is 20.0 Å². The molecule has 41 heavy (non-hydrogen) atoms. The Morgan fingerprint density at radius 1 is 0.829 bits per heavy atom. The van der Waals surface area contributed by atoms with Crippen LogP contribution in [0.15, 0.2) is 108 Å². The summed E-state index contributed by atoms with van der Waals surface area (Å²) in [6.45, 7) is 0. The van der Waals surface area contributed by atoms with E-state index in [1.54, 1.807) is 97.2 Å². The lowest BCUT2D eigenvalue weighted by atomic mass is 10.1. The van der Waals surface area contributed by atoms with Gasteiger partial charge in [-0.1, -0.05) is 36.4 Å². The van der Waals surface area contributed by atoms with E-state index in [1.165, 1.54) is 26.0 Å². The summed E-state index contributed by atoms with van der Waals surface area (Å²) in [5.74, 6) is 0.484. The summed E-state index contributed by atoms with van der Waals surface area (Å²) >= 11 is 1.31.